The van der Waals surface area contributed by atoms with Gasteiger partial charge >= 0.3 is 11.9 Å². The van der Waals surface area contributed by atoms with Crippen molar-refractivity contribution in [2.45, 2.75) is 56.8 Å². The number of carbonyl (C=O) groups excluding carboxylic acids is 2. The van der Waals surface area contributed by atoms with E-state index in [2.05, 4.69) is 0 Å². The molecule has 0 bridgehead atoms. The first kappa shape index (κ1) is 29.4. The van der Waals surface area contributed by atoms with E-state index in [1.807, 2.05) is 0 Å². The smallest absolute Gasteiger partial charge is 0.337 e. The predicted octanol–water partition coefficient (Wildman–Crippen LogP) is -0.634. The molecule has 0 amide bonds. The Morgan fingerprint density at radius 1 is 1.08 bits per heavy atom. The van der Waals surface area contributed by atoms with Crippen LogP contribution in [0.1, 0.15) is 18.9 Å². The number of methoxy groups -OCH3 is 1. The number of carbonyl (C=O) groups is 2. The molecule has 210 valence electrons. The molecule has 0 saturated carbocycles. The molecular weight excluding hydrogens is 508 g/mol. The largest absolute Gasteiger partial charge is 0.504 e. The second-order valence-electron chi connectivity index (χ2n) is 8.71. The number of hydrogen-bond acceptors (Lipinski definition) is 13. The highest BCUT2D eigenvalue weighted by Crippen LogP contribution is 2.36. The number of aliphatic hydroxyl groups excluding tert-OH is 4. The Morgan fingerprint density at radius 3 is 2.45 bits per heavy atom. The summed E-state index contributed by atoms with van der Waals surface area (Å²) in [5, 5.41) is 58.8. The molecule has 2 heterocycles. The molecule has 7 atom stereocenters. The summed E-state index contributed by atoms with van der Waals surface area (Å²) in [6, 6.07) is 4.23. The number of allylic oxidation sites excluding steroid dienone is 1. The van der Waals surface area contributed by atoms with Crippen LogP contribution in [0, 0.1) is 5.92 Å². The van der Waals surface area contributed by atoms with E-state index in [9.17, 15) is 40.2 Å². The molecule has 2 aliphatic rings. The summed E-state index contributed by atoms with van der Waals surface area (Å²) < 4.78 is 26.7. The number of phenols is 2. The molecule has 1 fully saturated rings. The second-order valence-corrected chi connectivity index (χ2v) is 8.71. The fourth-order valence-electron chi connectivity index (χ4n) is 4.16. The Labute approximate surface area is 218 Å². The number of rotatable bonds is 9. The fraction of sp³-hybridized carbons (Fsp3) is 0.520. The van der Waals surface area contributed by atoms with E-state index in [1.54, 1.807) is 19.1 Å². The number of hydrogen-bond donors (Lipinski definition) is 6. The van der Waals surface area contributed by atoms with Gasteiger partial charge in [-0.25, -0.2) is 4.79 Å². The van der Waals surface area contributed by atoms with Crippen molar-refractivity contribution in [2.24, 2.45) is 5.92 Å². The molecular formula is C25H32O13. The Morgan fingerprint density at radius 2 is 1.82 bits per heavy atom. The van der Waals surface area contributed by atoms with Crippen LogP contribution in [0.15, 0.2) is 41.7 Å². The van der Waals surface area contributed by atoms with Gasteiger partial charge in [-0.2, -0.15) is 0 Å². The first-order valence-electron chi connectivity index (χ1n) is 11.8. The number of phenolic OH excluding ortho intramolecular Hbond substituents is 2. The van der Waals surface area contributed by atoms with Gasteiger partial charge in [0.25, 0.3) is 0 Å². The molecule has 0 spiro atoms. The second kappa shape index (κ2) is 13.0. The maximum atomic E-state index is 12.7. The predicted molar refractivity (Wildman–Crippen MR) is 126 cm³/mol. The van der Waals surface area contributed by atoms with Crippen molar-refractivity contribution < 1.29 is 63.9 Å². The average Bonchev–Trinajstić information content (AvgIpc) is 2.90. The SMILES string of the molecule is C/C=C1\[C@H](O[C@@H]2OC(CO)[C@@H](O)C(O)C2O)OC=C(C(=O)OC)[C@H]1CC(=O)OCCc1ccc(O)c(O)c1. The Balaban J connectivity index is 1.71. The average molecular weight is 541 g/mol. The Hall–Kier alpha value is -3.20. The molecule has 38 heavy (non-hydrogen) atoms. The lowest BCUT2D eigenvalue weighted by Gasteiger charge is -2.41. The van der Waals surface area contributed by atoms with Gasteiger partial charge in [0.2, 0.25) is 6.29 Å². The quantitative estimate of drug-likeness (QED) is 0.131. The summed E-state index contributed by atoms with van der Waals surface area (Å²) in [5.41, 5.74) is 0.927. The van der Waals surface area contributed by atoms with Crippen molar-refractivity contribution in [3.63, 3.8) is 0 Å². The first-order chi connectivity index (χ1) is 18.1. The number of ether oxygens (including phenoxy) is 5. The normalized spacial score (nSPS) is 30.3. The van der Waals surface area contributed by atoms with Crippen LogP contribution < -0.4 is 0 Å². The summed E-state index contributed by atoms with van der Waals surface area (Å²) in [4.78, 5) is 25.1. The van der Waals surface area contributed by atoms with Crippen LogP contribution in [0.4, 0.5) is 0 Å². The lowest BCUT2D eigenvalue weighted by atomic mass is 9.86. The van der Waals surface area contributed by atoms with Crippen molar-refractivity contribution in [3.05, 3.63) is 47.2 Å². The number of aliphatic hydroxyl groups is 4. The van der Waals surface area contributed by atoms with Crippen molar-refractivity contribution >= 4 is 11.9 Å². The van der Waals surface area contributed by atoms with Crippen LogP contribution in [0.3, 0.4) is 0 Å². The maximum Gasteiger partial charge on any atom is 0.337 e. The van der Waals surface area contributed by atoms with Gasteiger partial charge in [0.1, 0.15) is 24.4 Å². The molecule has 1 aromatic carbocycles. The van der Waals surface area contributed by atoms with E-state index in [4.69, 9.17) is 23.7 Å². The van der Waals surface area contributed by atoms with Gasteiger partial charge in [0, 0.05) is 17.9 Å². The highest BCUT2D eigenvalue weighted by atomic mass is 16.8. The standard InChI is InChI=1S/C25H32O13/c1-3-13-14(9-19(29)35-7-6-12-4-5-16(27)17(28)8-12)15(23(33)34-2)11-36-24(13)38-25-22(32)21(31)20(30)18(10-26)37-25/h3-5,8,11,14,18,20-22,24-28,30-32H,6-7,9-10H2,1-2H3/b13-3-/t14-,18?,20+,21?,22?,24-,25-/m0/s1. The third-order valence-electron chi connectivity index (χ3n) is 6.29. The molecule has 13 heteroatoms. The maximum absolute atomic E-state index is 12.7. The zero-order valence-corrected chi connectivity index (χ0v) is 20.8. The molecule has 6 N–H and O–H groups in total. The van der Waals surface area contributed by atoms with Gasteiger partial charge < -0.3 is 54.3 Å². The van der Waals surface area contributed by atoms with E-state index in [1.165, 1.54) is 12.1 Å². The Kier molecular flexibility index (Phi) is 10.1. The molecule has 2 aliphatic heterocycles. The summed E-state index contributed by atoms with van der Waals surface area (Å²) in [5.74, 6) is -2.89. The van der Waals surface area contributed by atoms with E-state index in [-0.39, 0.29) is 36.5 Å². The van der Waals surface area contributed by atoms with E-state index < -0.39 is 61.5 Å². The molecule has 1 saturated heterocycles. The molecule has 1 aromatic rings. The van der Waals surface area contributed by atoms with E-state index in [0.717, 1.165) is 13.4 Å². The van der Waals surface area contributed by atoms with Crippen LogP contribution in [-0.2, 0) is 39.7 Å². The fourth-order valence-corrected chi connectivity index (χ4v) is 4.16. The molecule has 13 nitrogen and oxygen atoms in total. The molecule has 0 radical (unpaired) electrons. The molecule has 0 aromatic heterocycles. The number of aromatic hydroxyl groups is 2. The van der Waals surface area contributed by atoms with E-state index >= 15 is 0 Å². The molecule has 3 unspecified atom stereocenters. The minimum absolute atomic E-state index is 0.00894. The lowest BCUT2D eigenvalue weighted by molar-refractivity contribution is -0.327. The molecule has 0 aliphatic carbocycles. The van der Waals surface area contributed by atoms with Gasteiger partial charge in [0.05, 0.1) is 38.6 Å². The highest BCUT2D eigenvalue weighted by molar-refractivity contribution is 5.90. The summed E-state index contributed by atoms with van der Waals surface area (Å²) in [7, 11) is 1.16. The highest BCUT2D eigenvalue weighted by Gasteiger charge is 2.46. The first-order valence-corrected chi connectivity index (χ1v) is 11.8. The summed E-state index contributed by atoms with van der Waals surface area (Å²) in [6.45, 7) is 0.912. The lowest BCUT2D eigenvalue weighted by Crippen LogP contribution is -2.60. The van der Waals surface area contributed by atoms with Gasteiger partial charge in [-0.15, -0.1) is 0 Å². The Bertz CT molecular complexity index is 1050. The topological polar surface area (TPSA) is 202 Å². The summed E-state index contributed by atoms with van der Waals surface area (Å²) >= 11 is 0. The van der Waals surface area contributed by atoms with Crippen LogP contribution in [0.2, 0.25) is 0 Å². The van der Waals surface area contributed by atoms with Crippen LogP contribution in [-0.4, -0.2) is 99.9 Å². The third-order valence-corrected chi connectivity index (χ3v) is 6.29. The third kappa shape index (κ3) is 6.62. The zero-order chi connectivity index (χ0) is 28.0. The van der Waals surface area contributed by atoms with Crippen LogP contribution in [0.5, 0.6) is 11.5 Å². The van der Waals surface area contributed by atoms with E-state index in [0.29, 0.717) is 11.1 Å². The minimum Gasteiger partial charge on any atom is -0.504 e. The van der Waals surface area contributed by atoms with Crippen molar-refractivity contribution in [2.75, 3.05) is 20.3 Å². The van der Waals surface area contributed by atoms with Crippen LogP contribution >= 0.6 is 0 Å². The molecule has 3 rings (SSSR count). The summed E-state index contributed by atoms with van der Waals surface area (Å²) in [6.07, 6.45) is -6.39. The van der Waals surface area contributed by atoms with Crippen LogP contribution in [0.25, 0.3) is 0 Å². The van der Waals surface area contributed by atoms with Gasteiger partial charge in [-0.3, -0.25) is 4.79 Å². The van der Waals surface area contributed by atoms with Gasteiger partial charge in [0.15, 0.2) is 17.8 Å². The number of benzene rings is 1. The van der Waals surface area contributed by atoms with Gasteiger partial charge in [-0.1, -0.05) is 12.1 Å². The zero-order valence-electron chi connectivity index (χ0n) is 20.8. The monoisotopic (exact) mass is 540 g/mol. The van der Waals surface area contributed by atoms with Crippen molar-refractivity contribution in [3.8, 4) is 11.5 Å². The van der Waals surface area contributed by atoms with Gasteiger partial charge in [-0.05, 0) is 24.6 Å². The number of esters is 2. The minimum atomic E-state index is -1.69. The van der Waals surface area contributed by atoms with Crippen molar-refractivity contribution in [1.82, 2.24) is 0 Å². The van der Waals surface area contributed by atoms with Crippen molar-refractivity contribution in [1.29, 1.82) is 0 Å².